The first-order valence-corrected chi connectivity index (χ1v) is 18.0. The molecule has 0 aromatic heterocycles. The second kappa shape index (κ2) is 11.2. The van der Waals surface area contributed by atoms with Crippen LogP contribution in [-0.2, 0) is 19.8 Å². The Morgan fingerprint density at radius 1 is 0.851 bits per heavy atom. The van der Waals surface area contributed by atoms with E-state index < -0.39 is 23.3 Å². The lowest BCUT2D eigenvalue weighted by molar-refractivity contribution is -0.177. The monoisotopic (exact) mass is 658 g/mol. The number of allylic oxidation sites excluding steroid dienone is 1. The van der Waals surface area contributed by atoms with Gasteiger partial charge in [-0.1, -0.05) is 57.0 Å². The molecular weight excluding hydrogens is 609 g/mol. The number of rotatable bonds is 5. The summed E-state index contributed by atoms with van der Waals surface area (Å²) in [6.45, 7) is 18.4. The van der Waals surface area contributed by atoms with E-state index >= 15 is 0 Å². The Kier molecular flexibility index (Phi) is 8.10. The van der Waals surface area contributed by atoms with Gasteiger partial charge < -0.3 is 14.6 Å². The van der Waals surface area contributed by atoms with Crippen LogP contribution in [0.3, 0.4) is 0 Å². The Hall–Kier alpha value is -3.06. The molecule has 6 rings (SSSR count). The zero-order valence-corrected chi connectivity index (χ0v) is 30.3. The summed E-state index contributed by atoms with van der Waals surface area (Å²) in [5.41, 5.74) is 4.44. The van der Waals surface area contributed by atoms with E-state index in [-0.39, 0.29) is 38.6 Å². The van der Waals surface area contributed by atoms with Crippen LogP contribution in [0.5, 0.6) is 11.5 Å². The SMILES string of the molecule is CC(=O)Oc1cc2c(c(C)c1OC(C)=O)C(Sc1ccc(C)cc1)C=C1[C@@]2(C)CC[C@@]2(C)[C@@H]3C[C@](C)(C(=O)O)CC[C@]3(C)CC[C@]12C. The highest BCUT2D eigenvalue weighted by Gasteiger charge is 2.67. The second-order valence-corrected chi connectivity index (χ2v) is 17.5. The van der Waals surface area contributed by atoms with Gasteiger partial charge in [0.1, 0.15) is 0 Å². The predicted molar refractivity (Wildman–Crippen MR) is 185 cm³/mol. The highest BCUT2D eigenvalue weighted by atomic mass is 32.2. The van der Waals surface area contributed by atoms with Gasteiger partial charge in [0, 0.05) is 29.7 Å². The van der Waals surface area contributed by atoms with E-state index in [2.05, 4.69) is 65.0 Å². The van der Waals surface area contributed by atoms with E-state index in [0.717, 1.165) is 60.1 Å². The number of carbonyl (C=O) groups is 3. The van der Waals surface area contributed by atoms with Crippen LogP contribution in [0.15, 0.2) is 46.9 Å². The number of carboxylic acids is 1. The van der Waals surface area contributed by atoms with Crippen LogP contribution in [0.1, 0.15) is 121 Å². The normalized spacial score (nSPS) is 35.7. The van der Waals surface area contributed by atoms with Gasteiger partial charge in [0.2, 0.25) is 0 Å². The lowest BCUT2D eigenvalue weighted by Gasteiger charge is -2.70. The number of hydrogen-bond donors (Lipinski definition) is 1. The Labute approximate surface area is 284 Å². The van der Waals surface area contributed by atoms with Crippen LogP contribution >= 0.6 is 11.8 Å². The zero-order valence-electron chi connectivity index (χ0n) is 29.5. The Morgan fingerprint density at radius 3 is 2.11 bits per heavy atom. The molecule has 4 aliphatic rings. The molecule has 0 aliphatic heterocycles. The van der Waals surface area contributed by atoms with E-state index in [1.54, 1.807) is 11.8 Å². The highest BCUT2D eigenvalue weighted by Crippen LogP contribution is 2.75. The van der Waals surface area contributed by atoms with Crippen molar-refractivity contribution in [2.24, 2.45) is 27.6 Å². The topological polar surface area (TPSA) is 89.9 Å². The molecule has 0 spiro atoms. The van der Waals surface area contributed by atoms with Crippen LogP contribution in [0.25, 0.3) is 0 Å². The molecule has 0 radical (unpaired) electrons. The number of fused-ring (bicyclic) bond motifs is 7. The minimum atomic E-state index is -0.716. The largest absolute Gasteiger partial charge is 0.481 e. The maximum Gasteiger partial charge on any atom is 0.309 e. The molecule has 2 aromatic rings. The molecule has 1 unspecified atom stereocenters. The fourth-order valence-electron chi connectivity index (χ4n) is 10.2. The molecule has 0 bridgehead atoms. The van der Waals surface area contributed by atoms with E-state index in [4.69, 9.17) is 9.47 Å². The van der Waals surface area contributed by atoms with Crippen molar-refractivity contribution in [3.05, 3.63) is 64.2 Å². The van der Waals surface area contributed by atoms with Crippen LogP contribution in [0.4, 0.5) is 0 Å². The first-order valence-electron chi connectivity index (χ1n) is 17.1. The summed E-state index contributed by atoms with van der Waals surface area (Å²) in [4.78, 5) is 38.4. The molecule has 47 heavy (non-hydrogen) atoms. The fraction of sp³-hybridized carbons (Fsp3) is 0.575. The summed E-state index contributed by atoms with van der Waals surface area (Å²) in [5, 5.41) is 10.3. The van der Waals surface area contributed by atoms with Gasteiger partial charge in [-0.25, -0.2) is 0 Å². The first-order chi connectivity index (χ1) is 21.9. The van der Waals surface area contributed by atoms with Crippen LogP contribution < -0.4 is 9.47 Å². The van der Waals surface area contributed by atoms with Crippen molar-refractivity contribution >= 4 is 29.7 Å². The summed E-state index contributed by atoms with van der Waals surface area (Å²) in [5.74, 6) is -0.735. The van der Waals surface area contributed by atoms with Crippen LogP contribution in [0.2, 0.25) is 0 Å². The lowest BCUT2D eigenvalue weighted by Crippen LogP contribution is -2.62. The number of thioether (sulfide) groups is 1. The van der Waals surface area contributed by atoms with Crippen molar-refractivity contribution in [3.63, 3.8) is 0 Å². The fourth-order valence-corrected chi connectivity index (χ4v) is 11.4. The quantitative estimate of drug-likeness (QED) is 0.194. The van der Waals surface area contributed by atoms with Crippen molar-refractivity contribution in [3.8, 4) is 11.5 Å². The maximum absolute atomic E-state index is 12.6. The Bertz CT molecular complexity index is 1690. The average molecular weight is 659 g/mol. The Balaban J connectivity index is 1.56. The predicted octanol–water partition coefficient (Wildman–Crippen LogP) is 9.68. The van der Waals surface area contributed by atoms with E-state index in [9.17, 15) is 19.5 Å². The standard InChI is InChI=1S/C40H50O6S/c1-23-10-12-27(13-11-23)47-30-21-31-38(7,28-20-29(45-25(3)41)34(46-26(4)42)24(2)33(28)30)17-19-40(9)32-22-37(6,35(43)44)15-14-36(32,5)16-18-39(31,40)8/h10-13,20-21,30,32H,14-19,22H2,1-9H3,(H,43,44)/t30?,32-,36-,37-,38+,39-,40+/m1/s1. The second-order valence-electron chi connectivity index (χ2n) is 16.3. The maximum atomic E-state index is 12.6. The molecule has 3 fully saturated rings. The smallest absolute Gasteiger partial charge is 0.309 e. The Morgan fingerprint density at radius 2 is 1.49 bits per heavy atom. The summed E-state index contributed by atoms with van der Waals surface area (Å²) < 4.78 is 11.5. The first kappa shape index (κ1) is 33.8. The minimum Gasteiger partial charge on any atom is -0.481 e. The van der Waals surface area contributed by atoms with Crippen LogP contribution in [-0.4, -0.2) is 23.0 Å². The number of esters is 2. The summed E-state index contributed by atoms with van der Waals surface area (Å²) in [6, 6.07) is 10.6. The van der Waals surface area contributed by atoms with Crippen molar-refractivity contribution in [2.75, 3.05) is 0 Å². The number of benzene rings is 2. The average Bonchev–Trinajstić information content (AvgIpc) is 2.99. The van der Waals surface area contributed by atoms with Crippen LogP contribution in [0, 0.1) is 41.4 Å². The van der Waals surface area contributed by atoms with Gasteiger partial charge in [-0.15, -0.1) is 11.8 Å². The number of carbonyl (C=O) groups excluding carboxylic acids is 2. The molecular formula is C40H50O6S. The van der Waals surface area contributed by atoms with Gasteiger partial charge in [0.05, 0.1) is 10.7 Å². The number of aliphatic carboxylic acids is 1. The third-order valence-corrected chi connectivity index (χ3v) is 14.5. The van der Waals surface area contributed by atoms with E-state index in [1.165, 1.54) is 25.0 Å². The number of aryl methyl sites for hydroxylation is 1. The van der Waals surface area contributed by atoms with Crippen molar-refractivity contribution in [2.45, 2.75) is 123 Å². The lowest BCUT2D eigenvalue weighted by atomic mass is 9.34. The van der Waals surface area contributed by atoms with Crippen molar-refractivity contribution in [1.82, 2.24) is 0 Å². The third-order valence-electron chi connectivity index (χ3n) is 13.3. The highest BCUT2D eigenvalue weighted by molar-refractivity contribution is 7.99. The van der Waals surface area contributed by atoms with Crippen molar-refractivity contribution in [1.29, 1.82) is 0 Å². The molecule has 4 aliphatic carbocycles. The van der Waals surface area contributed by atoms with E-state index in [0.29, 0.717) is 12.2 Å². The van der Waals surface area contributed by atoms with Gasteiger partial charge in [0.25, 0.3) is 0 Å². The molecule has 0 amide bonds. The number of ether oxygens (including phenoxy) is 2. The molecule has 7 atom stereocenters. The molecule has 252 valence electrons. The molecule has 0 heterocycles. The van der Waals surface area contributed by atoms with Gasteiger partial charge in [-0.05, 0) is 117 Å². The van der Waals surface area contributed by atoms with Gasteiger partial charge in [-0.3, -0.25) is 14.4 Å². The summed E-state index contributed by atoms with van der Waals surface area (Å²) >= 11 is 1.79. The van der Waals surface area contributed by atoms with Gasteiger partial charge >= 0.3 is 17.9 Å². The number of carboxylic acid groups (broad SMARTS) is 1. The molecule has 2 aromatic carbocycles. The van der Waals surface area contributed by atoms with Gasteiger partial charge in [-0.2, -0.15) is 0 Å². The zero-order chi connectivity index (χ0) is 34.3. The molecule has 3 saturated carbocycles. The van der Waals surface area contributed by atoms with Gasteiger partial charge in [0.15, 0.2) is 11.5 Å². The molecule has 7 heteroatoms. The minimum absolute atomic E-state index is 0.0698. The summed E-state index contributed by atoms with van der Waals surface area (Å²) in [7, 11) is 0. The molecule has 0 saturated heterocycles. The number of hydrogen-bond acceptors (Lipinski definition) is 6. The van der Waals surface area contributed by atoms with Crippen molar-refractivity contribution < 1.29 is 29.0 Å². The molecule has 1 N–H and O–H groups in total. The van der Waals surface area contributed by atoms with E-state index in [1.807, 2.05) is 19.9 Å². The summed E-state index contributed by atoms with van der Waals surface area (Å²) in [6.07, 6.45) is 8.85. The third kappa shape index (κ3) is 5.17. The molecule has 6 nitrogen and oxygen atoms in total.